The summed E-state index contributed by atoms with van der Waals surface area (Å²) >= 11 is 0. The Labute approximate surface area is 120 Å². The fraction of sp³-hybridized carbons (Fsp3) is 0.294. The van der Waals surface area contributed by atoms with Gasteiger partial charge in [-0.05, 0) is 12.5 Å². The van der Waals surface area contributed by atoms with Gasteiger partial charge in [0.05, 0.1) is 11.4 Å². The van der Waals surface area contributed by atoms with Crippen molar-refractivity contribution in [3.05, 3.63) is 65.2 Å². The minimum absolute atomic E-state index is 0.906. The van der Waals surface area contributed by atoms with E-state index in [1.165, 1.54) is 11.1 Å². The second kappa shape index (κ2) is 5.97. The molecule has 0 saturated carbocycles. The van der Waals surface area contributed by atoms with Crippen LogP contribution in [0.5, 0.6) is 0 Å². The molecule has 0 unspecified atom stereocenters. The average molecular weight is 265 g/mol. The minimum atomic E-state index is 0.906. The van der Waals surface area contributed by atoms with Gasteiger partial charge in [-0.25, -0.2) is 0 Å². The summed E-state index contributed by atoms with van der Waals surface area (Å²) in [6, 6.07) is 10.5. The predicted molar refractivity (Wildman–Crippen MR) is 81.1 cm³/mol. The molecule has 2 heterocycles. The molecule has 0 atom stereocenters. The van der Waals surface area contributed by atoms with Crippen molar-refractivity contribution in [2.75, 3.05) is 13.1 Å². The van der Waals surface area contributed by atoms with Gasteiger partial charge in [0, 0.05) is 38.4 Å². The Morgan fingerprint density at radius 3 is 2.70 bits per heavy atom. The summed E-state index contributed by atoms with van der Waals surface area (Å²) in [6.45, 7) is 5.15. The van der Waals surface area contributed by atoms with Crippen molar-refractivity contribution in [3.63, 3.8) is 0 Å². The first-order valence-corrected chi connectivity index (χ1v) is 7.04. The molecule has 2 aromatic rings. The molecule has 0 N–H and O–H groups in total. The molecule has 102 valence electrons. The van der Waals surface area contributed by atoms with Crippen LogP contribution in [0, 0.1) is 0 Å². The molecule has 1 aliphatic rings. The standard InChI is InChI=1S/C17H19N3/c1-14(11-15-5-3-2-4-6-15)12-20-10-7-16-17(13-20)19-9-8-18-16/h2-6,8-9,11H,7,10,12-13H2,1H3/b14-11+. The third-order valence-corrected chi connectivity index (χ3v) is 3.58. The van der Waals surface area contributed by atoms with Crippen molar-refractivity contribution in [2.24, 2.45) is 0 Å². The molecule has 0 fully saturated rings. The summed E-state index contributed by atoms with van der Waals surface area (Å²) in [5.74, 6) is 0. The van der Waals surface area contributed by atoms with Gasteiger partial charge in [0.1, 0.15) is 0 Å². The second-order valence-corrected chi connectivity index (χ2v) is 5.31. The Kier molecular flexibility index (Phi) is 3.88. The third kappa shape index (κ3) is 3.11. The summed E-state index contributed by atoms with van der Waals surface area (Å²) in [5.41, 5.74) is 4.94. The van der Waals surface area contributed by atoms with Crippen LogP contribution in [0.25, 0.3) is 6.08 Å². The van der Waals surface area contributed by atoms with Crippen molar-refractivity contribution in [2.45, 2.75) is 19.9 Å². The lowest BCUT2D eigenvalue weighted by atomic mass is 10.1. The van der Waals surface area contributed by atoms with Crippen molar-refractivity contribution in [3.8, 4) is 0 Å². The molecule has 0 aliphatic carbocycles. The van der Waals surface area contributed by atoms with Crippen LogP contribution in [0.2, 0.25) is 0 Å². The van der Waals surface area contributed by atoms with E-state index in [1.54, 1.807) is 12.4 Å². The molecule has 1 aliphatic heterocycles. The summed E-state index contributed by atoms with van der Waals surface area (Å²) in [4.78, 5) is 11.3. The number of fused-ring (bicyclic) bond motifs is 1. The number of benzene rings is 1. The zero-order valence-corrected chi connectivity index (χ0v) is 11.8. The first kappa shape index (κ1) is 13.0. The van der Waals surface area contributed by atoms with Gasteiger partial charge in [0.15, 0.2) is 0 Å². The third-order valence-electron chi connectivity index (χ3n) is 3.58. The largest absolute Gasteiger partial charge is 0.293 e. The highest BCUT2D eigenvalue weighted by Crippen LogP contribution is 2.16. The lowest BCUT2D eigenvalue weighted by molar-refractivity contribution is 0.269. The molecule has 3 rings (SSSR count). The SMILES string of the molecule is C/C(=C\c1ccccc1)CN1CCc2nccnc2C1. The van der Waals surface area contributed by atoms with Gasteiger partial charge in [0.25, 0.3) is 0 Å². The van der Waals surface area contributed by atoms with Gasteiger partial charge in [-0.1, -0.05) is 42.0 Å². The smallest absolute Gasteiger partial charge is 0.0759 e. The number of rotatable bonds is 3. The van der Waals surface area contributed by atoms with E-state index in [1.807, 2.05) is 6.07 Å². The summed E-state index contributed by atoms with van der Waals surface area (Å²) in [6.07, 6.45) is 6.83. The maximum atomic E-state index is 4.44. The Hall–Kier alpha value is -2.00. The molecule has 20 heavy (non-hydrogen) atoms. The zero-order valence-electron chi connectivity index (χ0n) is 11.8. The minimum Gasteiger partial charge on any atom is -0.293 e. The predicted octanol–water partition coefficient (Wildman–Crippen LogP) is 2.94. The topological polar surface area (TPSA) is 29.0 Å². The van der Waals surface area contributed by atoms with Crippen molar-refractivity contribution < 1.29 is 0 Å². The van der Waals surface area contributed by atoms with Gasteiger partial charge in [-0.15, -0.1) is 0 Å². The Morgan fingerprint density at radius 1 is 1.15 bits per heavy atom. The van der Waals surface area contributed by atoms with Crippen molar-refractivity contribution >= 4 is 6.08 Å². The molecule has 0 bridgehead atoms. The first-order valence-electron chi connectivity index (χ1n) is 7.04. The number of hydrogen-bond donors (Lipinski definition) is 0. The highest BCUT2D eigenvalue weighted by Gasteiger charge is 2.17. The molecular weight excluding hydrogens is 246 g/mol. The van der Waals surface area contributed by atoms with Crippen LogP contribution in [-0.4, -0.2) is 28.0 Å². The summed E-state index contributed by atoms with van der Waals surface area (Å²) in [5, 5.41) is 0. The highest BCUT2D eigenvalue weighted by atomic mass is 15.1. The molecule has 3 heteroatoms. The van der Waals surface area contributed by atoms with Gasteiger partial charge in [-0.3, -0.25) is 14.9 Å². The lowest BCUT2D eigenvalue weighted by Crippen LogP contribution is -2.32. The molecule has 3 nitrogen and oxygen atoms in total. The highest BCUT2D eigenvalue weighted by molar-refractivity contribution is 5.52. The van der Waals surface area contributed by atoms with E-state index in [2.05, 4.69) is 52.1 Å². The fourth-order valence-corrected chi connectivity index (χ4v) is 2.66. The molecular formula is C17H19N3. The number of hydrogen-bond acceptors (Lipinski definition) is 3. The lowest BCUT2D eigenvalue weighted by Gasteiger charge is -2.27. The van der Waals surface area contributed by atoms with Gasteiger partial charge < -0.3 is 0 Å². The maximum absolute atomic E-state index is 4.44. The molecule has 1 aromatic carbocycles. The van der Waals surface area contributed by atoms with E-state index in [0.717, 1.165) is 37.4 Å². The van der Waals surface area contributed by atoms with Crippen LogP contribution < -0.4 is 0 Å². The van der Waals surface area contributed by atoms with E-state index in [-0.39, 0.29) is 0 Å². The van der Waals surface area contributed by atoms with Crippen LogP contribution in [-0.2, 0) is 13.0 Å². The number of nitrogens with zero attached hydrogens (tertiary/aromatic N) is 3. The second-order valence-electron chi connectivity index (χ2n) is 5.31. The Balaban J connectivity index is 1.66. The van der Waals surface area contributed by atoms with Crippen LogP contribution in [0.3, 0.4) is 0 Å². The van der Waals surface area contributed by atoms with Crippen molar-refractivity contribution in [1.82, 2.24) is 14.9 Å². The average Bonchev–Trinajstić information content (AvgIpc) is 2.48. The fourth-order valence-electron chi connectivity index (χ4n) is 2.66. The molecule has 0 saturated heterocycles. The Bertz CT molecular complexity index is 605. The maximum Gasteiger partial charge on any atom is 0.0759 e. The van der Waals surface area contributed by atoms with Crippen LogP contribution >= 0.6 is 0 Å². The summed E-state index contributed by atoms with van der Waals surface area (Å²) in [7, 11) is 0. The van der Waals surface area contributed by atoms with Crippen LogP contribution in [0.15, 0.2) is 48.3 Å². The normalized spacial score (nSPS) is 15.9. The monoisotopic (exact) mass is 265 g/mol. The van der Waals surface area contributed by atoms with Gasteiger partial charge in [0.2, 0.25) is 0 Å². The van der Waals surface area contributed by atoms with Gasteiger partial charge >= 0.3 is 0 Å². The molecule has 0 amide bonds. The van der Waals surface area contributed by atoms with Crippen molar-refractivity contribution in [1.29, 1.82) is 0 Å². The molecule has 0 spiro atoms. The first-order chi connectivity index (χ1) is 9.81. The summed E-state index contributed by atoms with van der Waals surface area (Å²) < 4.78 is 0. The zero-order chi connectivity index (χ0) is 13.8. The van der Waals surface area contributed by atoms with Crippen LogP contribution in [0.1, 0.15) is 23.9 Å². The molecule has 1 aromatic heterocycles. The molecule has 0 radical (unpaired) electrons. The van der Waals surface area contributed by atoms with E-state index in [9.17, 15) is 0 Å². The van der Waals surface area contributed by atoms with E-state index >= 15 is 0 Å². The van der Waals surface area contributed by atoms with Gasteiger partial charge in [-0.2, -0.15) is 0 Å². The van der Waals surface area contributed by atoms with E-state index in [4.69, 9.17) is 0 Å². The quantitative estimate of drug-likeness (QED) is 0.854. The van der Waals surface area contributed by atoms with E-state index < -0.39 is 0 Å². The number of aromatic nitrogens is 2. The van der Waals surface area contributed by atoms with E-state index in [0.29, 0.717) is 0 Å². The van der Waals surface area contributed by atoms with Crippen LogP contribution in [0.4, 0.5) is 0 Å². The Morgan fingerprint density at radius 2 is 1.90 bits per heavy atom.